The number of nitrogens with zero attached hydrogens (tertiary/aromatic N) is 3. The molecule has 1 aromatic carbocycles. The van der Waals surface area contributed by atoms with Crippen LogP contribution in [0.2, 0.25) is 0 Å². The number of hydrogen-bond acceptors (Lipinski definition) is 4. The van der Waals surface area contributed by atoms with Crippen molar-refractivity contribution in [2.24, 2.45) is 0 Å². The van der Waals surface area contributed by atoms with Gasteiger partial charge in [0, 0.05) is 38.9 Å². The van der Waals surface area contributed by atoms with Gasteiger partial charge in [-0.15, -0.1) is 0 Å². The molecule has 0 bridgehead atoms. The van der Waals surface area contributed by atoms with Gasteiger partial charge >= 0.3 is 0 Å². The molecule has 23 heavy (non-hydrogen) atoms. The van der Waals surface area contributed by atoms with E-state index in [0.29, 0.717) is 0 Å². The largest absolute Gasteiger partial charge is 0.396 e. The number of benzene rings is 1. The van der Waals surface area contributed by atoms with Gasteiger partial charge in [-0.2, -0.15) is 0 Å². The molecule has 4 nitrogen and oxygen atoms in total. The average Bonchev–Trinajstić information content (AvgIpc) is 2.59. The molecule has 0 amide bonds. The molecule has 1 saturated heterocycles. The van der Waals surface area contributed by atoms with E-state index in [-0.39, 0.29) is 0 Å². The second-order valence-electron chi connectivity index (χ2n) is 5.97. The van der Waals surface area contributed by atoms with Crippen molar-refractivity contribution in [1.82, 2.24) is 9.88 Å². The zero-order valence-corrected chi connectivity index (χ0v) is 13.7. The number of pyridine rings is 1. The molecule has 1 aromatic heterocycles. The van der Waals surface area contributed by atoms with Crippen LogP contribution in [0.25, 0.3) is 6.08 Å². The van der Waals surface area contributed by atoms with Crippen LogP contribution in [0.1, 0.15) is 11.1 Å². The third-order valence-corrected chi connectivity index (χ3v) is 4.33. The van der Waals surface area contributed by atoms with Gasteiger partial charge < -0.3 is 10.6 Å². The van der Waals surface area contributed by atoms with E-state index in [9.17, 15) is 0 Å². The van der Waals surface area contributed by atoms with Gasteiger partial charge in [0.05, 0.1) is 5.69 Å². The second kappa shape index (κ2) is 7.29. The van der Waals surface area contributed by atoms with Gasteiger partial charge in [-0.1, -0.05) is 42.5 Å². The van der Waals surface area contributed by atoms with Crippen LogP contribution in [-0.2, 0) is 0 Å². The Morgan fingerprint density at radius 1 is 1.09 bits per heavy atom. The quantitative estimate of drug-likeness (QED) is 0.943. The lowest BCUT2D eigenvalue weighted by Gasteiger charge is -2.35. The Hall–Kier alpha value is -2.33. The fourth-order valence-corrected chi connectivity index (χ4v) is 2.85. The normalized spacial score (nSPS) is 16.1. The molecule has 1 fully saturated rings. The first-order valence-electron chi connectivity index (χ1n) is 8.14. The molecule has 2 heterocycles. The van der Waals surface area contributed by atoms with Crippen LogP contribution in [0.15, 0.2) is 48.7 Å². The van der Waals surface area contributed by atoms with Gasteiger partial charge in [0.2, 0.25) is 0 Å². The Bertz CT molecular complexity index is 658. The topological polar surface area (TPSA) is 45.4 Å². The highest BCUT2D eigenvalue weighted by Gasteiger charge is 2.19. The number of nitrogen functional groups attached to an aromatic ring is 1. The van der Waals surface area contributed by atoms with Gasteiger partial charge in [0.1, 0.15) is 0 Å². The number of aryl methyl sites for hydroxylation is 1. The van der Waals surface area contributed by atoms with Crippen molar-refractivity contribution in [3.8, 4) is 0 Å². The highest BCUT2D eigenvalue weighted by Crippen LogP contribution is 2.24. The Balaban J connectivity index is 1.52. The first-order chi connectivity index (χ1) is 11.2. The Labute approximate surface area is 138 Å². The molecule has 1 aliphatic heterocycles. The third kappa shape index (κ3) is 3.90. The number of aromatic nitrogens is 1. The van der Waals surface area contributed by atoms with Crippen molar-refractivity contribution in [2.75, 3.05) is 43.4 Å². The van der Waals surface area contributed by atoms with Crippen molar-refractivity contribution >= 4 is 17.6 Å². The SMILES string of the molecule is Cc1ccnc(N2CCN(C/C=C/c3ccccc3)CC2)c1N. The van der Waals surface area contributed by atoms with Crippen LogP contribution in [0, 0.1) is 6.92 Å². The minimum absolute atomic E-state index is 0.810. The molecule has 4 heteroatoms. The highest BCUT2D eigenvalue weighted by molar-refractivity contribution is 5.66. The molecule has 0 radical (unpaired) electrons. The lowest BCUT2D eigenvalue weighted by molar-refractivity contribution is 0.284. The summed E-state index contributed by atoms with van der Waals surface area (Å²) in [5.74, 6) is 0.935. The van der Waals surface area contributed by atoms with Gasteiger partial charge in [-0.05, 0) is 24.1 Å². The third-order valence-electron chi connectivity index (χ3n) is 4.33. The van der Waals surface area contributed by atoms with Gasteiger partial charge in [0.25, 0.3) is 0 Å². The van der Waals surface area contributed by atoms with E-state index >= 15 is 0 Å². The minimum atomic E-state index is 0.810. The van der Waals surface area contributed by atoms with E-state index in [1.165, 1.54) is 5.56 Å². The fourth-order valence-electron chi connectivity index (χ4n) is 2.85. The predicted octanol–water partition coefficient (Wildman–Crippen LogP) is 2.81. The first kappa shape index (κ1) is 15.6. The van der Waals surface area contributed by atoms with Crippen LogP contribution < -0.4 is 10.6 Å². The number of nitrogens with two attached hydrogens (primary N) is 1. The maximum Gasteiger partial charge on any atom is 0.152 e. The van der Waals surface area contributed by atoms with Crippen molar-refractivity contribution in [2.45, 2.75) is 6.92 Å². The van der Waals surface area contributed by atoms with Gasteiger partial charge in [-0.3, -0.25) is 4.90 Å². The number of anilines is 2. The summed E-state index contributed by atoms with van der Waals surface area (Å²) >= 11 is 0. The summed E-state index contributed by atoms with van der Waals surface area (Å²) in [7, 11) is 0. The van der Waals surface area contributed by atoms with E-state index in [1.54, 1.807) is 0 Å². The molecule has 0 saturated carbocycles. The molecular formula is C19H24N4. The average molecular weight is 308 g/mol. The van der Waals surface area contributed by atoms with Crippen LogP contribution in [0.3, 0.4) is 0 Å². The molecule has 2 N–H and O–H groups in total. The summed E-state index contributed by atoms with van der Waals surface area (Å²) in [5.41, 5.74) is 9.33. The summed E-state index contributed by atoms with van der Waals surface area (Å²) in [6, 6.07) is 12.4. The summed E-state index contributed by atoms with van der Waals surface area (Å²) in [6.07, 6.45) is 6.27. The molecule has 0 aliphatic carbocycles. The number of rotatable bonds is 4. The monoisotopic (exact) mass is 308 g/mol. The molecule has 120 valence electrons. The summed E-state index contributed by atoms with van der Waals surface area (Å²) in [6.45, 7) is 7.03. The Morgan fingerprint density at radius 2 is 1.83 bits per heavy atom. The maximum atomic E-state index is 6.16. The van der Waals surface area contributed by atoms with Crippen molar-refractivity contribution in [1.29, 1.82) is 0 Å². The second-order valence-corrected chi connectivity index (χ2v) is 5.97. The molecule has 0 atom stereocenters. The minimum Gasteiger partial charge on any atom is -0.396 e. The summed E-state index contributed by atoms with van der Waals surface area (Å²) < 4.78 is 0. The molecule has 0 unspecified atom stereocenters. The molecular weight excluding hydrogens is 284 g/mol. The van der Waals surface area contributed by atoms with Gasteiger partial charge in [-0.25, -0.2) is 4.98 Å². The van der Waals surface area contributed by atoms with Crippen molar-refractivity contribution in [3.63, 3.8) is 0 Å². The molecule has 1 aliphatic rings. The van der Waals surface area contributed by atoms with Crippen LogP contribution >= 0.6 is 0 Å². The van der Waals surface area contributed by atoms with Gasteiger partial charge in [0.15, 0.2) is 5.82 Å². The standard InChI is InChI=1S/C19H24N4/c1-16-9-10-21-19(18(16)20)23-14-12-22(13-15-23)11-5-8-17-6-3-2-4-7-17/h2-10H,11-15,20H2,1H3/b8-5+. The van der Waals surface area contributed by atoms with E-state index in [4.69, 9.17) is 5.73 Å². The van der Waals surface area contributed by atoms with E-state index < -0.39 is 0 Å². The van der Waals surface area contributed by atoms with E-state index in [2.05, 4.69) is 51.2 Å². The fraction of sp³-hybridized carbons (Fsp3) is 0.316. The van der Waals surface area contributed by atoms with Crippen LogP contribution in [0.5, 0.6) is 0 Å². The van der Waals surface area contributed by atoms with Crippen LogP contribution in [-0.4, -0.2) is 42.6 Å². The lowest BCUT2D eigenvalue weighted by Crippen LogP contribution is -2.46. The maximum absolute atomic E-state index is 6.16. The molecule has 3 rings (SSSR count). The summed E-state index contributed by atoms with van der Waals surface area (Å²) in [5, 5.41) is 0. The Morgan fingerprint density at radius 3 is 2.57 bits per heavy atom. The smallest absolute Gasteiger partial charge is 0.152 e. The Kier molecular flexibility index (Phi) is 4.93. The first-order valence-corrected chi connectivity index (χ1v) is 8.14. The zero-order valence-electron chi connectivity index (χ0n) is 13.7. The van der Waals surface area contributed by atoms with E-state index in [0.717, 1.165) is 49.8 Å². The zero-order chi connectivity index (χ0) is 16.1. The number of hydrogen-bond donors (Lipinski definition) is 1. The van der Waals surface area contributed by atoms with Crippen molar-refractivity contribution in [3.05, 3.63) is 59.8 Å². The molecule has 0 spiro atoms. The highest BCUT2D eigenvalue weighted by atomic mass is 15.3. The van der Waals surface area contributed by atoms with E-state index in [1.807, 2.05) is 25.3 Å². The van der Waals surface area contributed by atoms with Crippen LogP contribution in [0.4, 0.5) is 11.5 Å². The number of piperazine rings is 1. The van der Waals surface area contributed by atoms with Crippen molar-refractivity contribution < 1.29 is 0 Å². The molecule has 2 aromatic rings. The summed E-state index contributed by atoms with van der Waals surface area (Å²) in [4.78, 5) is 9.21. The lowest BCUT2D eigenvalue weighted by atomic mass is 10.2. The predicted molar refractivity (Wildman–Crippen MR) is 97.5 cm³/mol.